The van der Waals surface area contributed by atoms with Gasteiger partial charge in [0.2, 0.25) is 0 Å². The molecular formula is C13H16BrFN4. The van der Waals surface area contributed by atoms with Crippen molar-refractivity contribution in [2.24, 2.45) is 0 Å². The molecule has 0 aliphatic rings. The van der Waals surface area contributed by atoms with Crippen LogP contribution in [0.3, 0.4) is 0 Å². The Morgan fingerprint density at radius 2 is 2.21 bits per heavy atom. The summed E-state index contributed by atoms with van der Waals surface area (Å²) in [4.78, 5) is 4.21. The van der Waals surface area contributed by atoms with Crippen molar-refractivity contribution < 1.29 is 4.39 Å². The van der Waals surface area contributed by atoms with Gasteiger partial charge in [-0.1, -0.05) is 22.9 Å². The van der Waals surface area contributed by atoms with Gasteiger partial charge in [0.25, 0.3) is 0 Å². The number of halogens is 2. The molecule has 2 rings (SSSR count). The molecule has 6 heteroatoms. The summed E-state index contributed by atoms with van der Waals surface area (Å²) in [6, 6.07) is 4.83. The number of hydrogen-bond donors (Lipinski definition) is 1. The van der Waals surface area contributed by atoms with Gasteiger partial charge in [0, 0.05) is 4.47 Å². The zero-order valence-electron chi connectivity index (χ0n) is 10.7. The summed E-state index contributed by atoms with van der Waals surface area (Å²) in [5.74, 6) is 0.601. The van der Waals surface area contributed by atoms with Crippen LogP contribution in [-0.2, 0) is 13.1 Å². The molecule has 0 amide bonds. The molecule has 0 aliphatic heterocycles. The fourth-order valence-corrected chi connectivity index (χ4v) is 2.32. The van der Waals surface area contributed by atoms with E-state index in [1.165, 1.54) is 18.5 Å². The molecule has 102 valence electrons. The predicted octanol–water partition coefficient (Wildman–Crippen LogP) is 2.73. The van der Waals surface area contributed by atoms with Gasteiger partial charge >= 0.3 is 0 Å². The third-order valence-electron chi connectivity index (χ3n) is 2.66. The second kappa shape index (κ2) is 6.77. The average Bonchev–Trinajstić information content (AvgIpc) is 2.76. The summed E-state index contributed by atoms with van der Waals surface area (Å²) in [7, 11) is 0. The maximum atomic E-state index is 13.3. The van der Waals surface area contributed by atoms with E-state index >= 15 is 0 Å². The quantitative estimate of drug-likeness (QED) is 0.830. The first-order valence-corrected chi connectivity index (χ1v) is 7.00. The number of benzene rings is 1. The smallest absolute Gasteiger partial charge is 0.141 e. The first kappa shape index (κ1) is 14.1. The molecule has 0 fully saturated rings. The molecule has 1 N–H and O–H groups in total. The first-order chi connectivity index (χ1) is 9.19. The van der Waals surface area contributed by atoms with E-state index < -0.39 is 0 Å². The van der Waals surface area contributed by atoms with Crippen LogP contribution in [0.25, 0.3) is 0 Å². The zero-order valence-corrected chi connectivity index (χ0v) is 12.3. The molecule has 19 heavy (non-hydrogen) atoms. The van der Waals surface area contributed by atoms with Crippen LogP contribution in [0.15, 0.2) is 29.0 Å². The van der Waals surface area contributed by atoms with Crippen molar-refractivity contribution in [3.05, 3.63) is 46.2 Å². The lowest BCUT2D eigenvalue weighted by atomic mass is 10.2. The molecule has 0 radical (unpaired) electrons. The Bertz CT molecular complexity index is 521. The van der Waals surface area contributed by atoms with Gasteiger partial charge in [0.15, 0.2) is 0 Å². The second-order valence-corrected chi connectivity index (χ2v) is 5.20. The fourth-order valence-electron chi connectivity index (χ4n) is 1.81. The Morgan fingerprint density at radius 3 is 2.95 bits per heavy atom. The van der Waals surface area contributed by atoms with Gasteiger partial charge in [-0.15, -0.1) is 0 Å². The van der Waals surface area contributed by atoms with Gasteiger partial charge in [0.05, 0.1) is 13.1 Å². The molecule has 0 saturated carbocycles. The van der Waals surface area contributed by atoms with Crippen molar-refractivity contribution in [3.63, 3.8) is 0 Å². The van der Waals surface area contributed by atoms with Crippen LogP contribution in [0, 0.1) is 5.82 Å². The van der Waals surface area contributed by atoms with Crippen molar-refractivity contribution >= 4 is 15.9 Å². The number of hydrogen-bond acceptors (Lipinski definition) is 3. The van der Waals surface area contributed by atoms with Crippen molar-refractivity contribution in [2.75, 3.05) is 6.54 Å². The number of rotatable bonds is 6. The molecule has 0 unspecified atom stereocenters. The van der Waals surface area contributed by atoms with Crippen molar-refractivity contribution in [3.8, 4) is 0 Å². The van der Waals surface area contributed by atoms with E-state index in [2.05, 4.69) is 38.3 Å². The largest absolute Gasteiger partial charge is 0.310 e. The summed E-state index contributed by atoms with van der Waals surface area (Å²) < 4.78 is 15.8. The molecule has 4 nitrogen and oxygen atoms in total. The Morgan fingerprint density at radius 1 is 1.37 bits per heavy atom. The predicted molar refractivity (Wildman–Crippen MR) is 75.2 cm³/mol. The van der Waals surface area contributed by atoms with Crippen LogP contribution in [0.1, 0.15) is 24.7 Å². The van der Waals surface area contributed by atoms with Crippen LogP contribution in [-0.4, -0.2) is 21.3 Å². The topological polar surface area (TPSA) is 42.7 Å². The van der Waals surface area contributed by atoms with Crippen LogP contribution >= 0.6 is 15.9 Å². The highest BCUT2D eigenvalue weighted by Gasteiger charge is 2.06. The Hall–Kier alpha value is -1.27. The van der Waals surface area contributed by atoms with E-state index in [1.807, 2.05) is 6.07 Å². The summed E-state index contributed by atoms with van der Waals surface area (Å²) in [6.07, 6.45) is 2.60. The minimum atomic E-state index is -0.254. The lowest BCUT2D eigenvalue weighted by Crippen LogP contribution is -2.18. The monoisotopic (exact) mass is 326 g/mol. The summed E-state index contributed by atoms with van der Waals surface area (Å²) in [5.41, 5.74) is 0.856. The van der Waals surface area contributed by atoms with Crippen LogP contribution < -0.4 is 5.32 Å². The van der Waals surface area contributed by atoms with Crippen molar-refractivity contribution in [2.45, 2.75) is 26.4 Å². The van der Waals surface area contributed by atoms with E-state index in [4.69, 9.17) is 0 Å². The van der Waals surface area contributed by atoms with E-state index in [1.54, 1.807) is 4.68 Å². The van der Waals surface area contributed by atoms with Gasteiger partial charge in [-0.2, -0.15) is 5.10 Å². The molecule has 0 atom stereocenters. The highest BCUT2D eigenvalue weighted by molar-refractivity contribution is 9.10. The molecule has 1 heterocycles. The van der Waals surface area contributed by atoms with Crippen LogP contribution in [0.5, 0.6) is 0 Å². The van der Waals surface area contributed by atoms with Crippen molar-refractivity contribution in [1.29, 1.82) is 0 Å². The average molecular weight is 327 g/mol. The fraction of sp³-hybridized carbons (Fsp3) is 0.385. The molecule has 0 spiro atoms. The number of nitrogens with one attached hydrogen (secondary N) is 1. The summed E-state index contributed by atoms with van der Waals surface area (Å²) >= 11 is 3.29. The van der Waals surface area contributed by atoms with Crippen LogP contribution in [0.2, 0.25) is 0 Å². The third-order valence-corrected chi connectivity index (χ3v) is 3.12. The van der Waals surface area contributed by atoms with Gasteiger partial charge in [-0.25, -0.2) is 14.1 Å². The van der Waals surface area contributed by atoms with Gasteiger partial charge in [-0.3, -0.25) is 0 Å². The van der Waals surface area contributed by atoms with Crippen molar-refractivity contribution in [1.82, 2.24) is 20.1 Å². The summed E-state index contributed by atoms with van der Waals surface area (Å²) in [6.45, 7) is 4.24. The minimum Gasteiger partial charge on any atom is -0.310 e. The minimum absolute atomic E-state index is 0.254. The molecule has 2 aromatic rings. The van der Waals surface area contributed by atoms with Gasteiger partial charge < -0.3 is 5.32 Å². The van der Waals surface area contributed by atoms with Crippen LogP contribution in [0.4, 0.5) is 4.39 Å². The van der Waals surface area contributed by atoms with Gasteiger partial charge in [0.1, 0.15) is 18.0 Å². The molecule has 1 aromatic heterocycles. The second-order valence-electron chi connectivity index (χ2n) is 4.29. The maximum Gasteiger partial charge on any atom is 0.141 e. The normalized spacial score (nSPS) is 10.9. The zero-order chi connectivity index (χ0) is 13.7. The molecule has 0 aliphatic carbocycles. The first-order valence-electron chi connectivity index (χ1n) is 6.21. The Kier molecular flexibility index (Phi) is 5.04. The Balaban J connectivity index is 2.08. The number of aromatic nitrogens is 3. The lowest BCUT2D eigenvalue weighted by Gasteiger charge is -2.07. The molecule has 1 aromatic carbocycles. The molecular weight excluding hydrogens is 311 g/mol. The SMILES string of the molecule is CCCNCc1ncnn1Cc1cc(F)cc(Br)c1. The van der Waals surface area contributed by atoms with E-state index in [9.17, 15) is 4.39 Å². The molecule has 0 saturated heterocycles. The summed E-state index contributed by atoms with van der Waals surface area (Å²) in [5, 5.41) is 7.46. The Labute approximate surface area is 120 Å². The van der Waals surface area contributed by atoms with E-state index in [0.717, 1.165) is 28.8 Å². The van der Waals surface area contributed by atoms with E-state index in [-0.39, 0.29) is 5.82 Å². The highest BCUT2D eigenvalue weighted by atomic mass is 79.9. The maximum absolute atomic E-state index is 13.3. The van der Waals surface area contributed by atoms with E-state index in [0.29, 0.717) is 13.1 Å². The number of nitrogens with zero attached hydrogens (tertiary/aromatic N) is 3. The van der Waals surface area contributed by atoms with Gasteiger partial charge in [-0.05, 0) is 36.7 Å². The third kappa shape index (κ3) is 4.11. The highest BCUT2D eigenvalue weighted by Crippen LogP contribution is 2.15. The lowest BCUT2D eigenvalue weighted by molar-refractivity contribution is 0.578. The molecule has 0 bridgehead atoms. The standard InChI is InChI=1S/C13H16BrFN4/c1-2-3-16-7-13-17-9-18-19(13)8-10-4-11(14)6-12(15)5-10/h4-6,9,16H,2-3,7-8H2,1H3.